The number of hydrogen-bond donors (Lipinski definition) is 4. The van der Waals surface area contributed by atoms with Gasteiger partial charge >= 0.3 is 0 Å². The van der Waals surface area contributed by atoms with Gasteiger partial charge in [-0.2, -0.15) is 0 Å². The molecule has 1 heterocycles. The lowest BCUT2D eigenvalue weighted by Gasteiger charge is -2.37. The van der Waals surface area contributed by atoms with Crippen LogP contribution in [-0.4, -0.2) is 53.0 Å². The van der Waals surface area contributed by atoms with Gasteiger partial charge in [0.2, 0.25) is 17.2 Å². The van der Waals surface area contributed by atoms with Crippen molar-refractivity contribution in [1.82, 2.24) is 10.2 Å². The summed E-state index contributed by atoms with van der Waals surface area (Å²) in [5, 5.41) is 25.1. The molecular formula is C26H31N3O5. The molecule has 1 saturated carbocycles. The first-order valence-electron chi connectivity index (χ1n) is 11.7. The zero-order chi connectivity index (χ0) is 24.6. The maximum absolute atomic E-state index is 14.0. The quantitative estimate of drug-likeness (QED) is 0.480. The predicted molar refractivity (Wildman–Crippen MR) is 126 cm³/mol. The summed E-state index contributed by atoms with van der Waals surface area (Å²) in [5.74, 6) is -2.03. The first-order chi connectivity index (χ1) is 16.0. The fourth-order valence-electron chi connectivity index (χ4n) is 5.68. The van der Waals surface area contributed by atoms with Gasteiger partial charge in [-0.15, -0.1) is 0 Å². The Kier molecular flexibility index (Phi) is 5.06. The van der Waals surface area contributed by atoms with E-state index in [0.717, 1.165) is 5.56 Å². The molecule has 0 radical (unpaired) electrons. The fraction of sp³-hybridized carbons (Fsp3) is 0.462. The van der Waals surface area contributed by atoms with Crippen LogP contribution in [0.5, 0.6) is 5.75 Å². The summed E-state index contributed by atoms with van der Waals surface area (Å²) in [6, 6.07) is 9.41. The summed E-state index contributed by atoms with van der Waals surface area (Å²) >= 11 is 0. The Morgan fingerprint density at radius 1 is 1.21 bits per heavy atom. The van der Waals surface area contributed by atoms with Crippen molar-refractivity contribution in [1.29, 1.82) is 0 Å². The van der Waals surface area contributed by atoms with Gasteiger partial charge in [-0.05, 0) is 63.4 Å². The number of nitrogen functional groups attached to an aromatic ring is 1. The molecule has 3 aliphatic rings. The third kappa shape index (κ3) is 2.95. The Labute approximate surface area is 198 Å². The molecule has 2 unspecified atom stereocenters. The van der Waals surface area contributed by atoms with Crippen LogP contribution < -0.4 is 15.8 Å². The van der Waals surface area contributed by atoms with E-state index in [2.05, 4.69) is 12.2 Å². The average molecular weight is 466 g/mol. The number of ether oxygens (including phenoxy) is 1. The number of hydrogen-bond acceptors (Lipinski definition) is 7. The number of nitrogens with zero attached hydrogens (tertiary/aromatic N) is 1. The summed E-state index contributed by atoms with van der Waals surface area (Å²) in [4.78, 5) is 29.0. The van der Waals surface area contributed by atoms with E-state index in [1.807, 2.05) is 12.1 Å². The molecule has 0 saturated heterocycles. The van der Waals surface area contributed by atoms with Gasteiger partial charge < -0.3 is 26.0 Å². The summed E-state index contributed by atoms with van der Waals surface area (Å²) in [7, 11) is 3.32. The van der Waals surface area contributed by atoms with Crippen LogP contribution in [0.2, 0.25) is 0 Å². The van der Waals surface area contributed by atoms with Crippen LogP contribution >= 0.6 is 0 Å². The molecular weight excluding hydrogens is 434 g/mol. The van der Waals surface area contributed by atoms with Gasteiger partial charge in [0.15, 0.2) is 0 Å². The molecule has 0 aromatic heterocycles. The monoisotopic (exact) mass is 465 g/mol. The number of aliphatic hydroxyl groups is 2. The smallest absolute Gasteiger partial charge is 0.271 e. The number of benzene rings is 2. The first kappa shape index (κ1) is 22.8. The van der Waals surface area contributed by atoms with E-state index in [1.54, 1.807) is 43.3 Å². The molecule has 5 rings (SSSR count). The number of carbonyl (C=O) groups is 2. The molecule has 180 valence electrons. The van der Waals surface area contributed by atoms with Crippen LogP contribution in [0.3, 0.4) is 0 Å². The molecule has 1 amide bonds. The van der Waals surface area contributed by atoms with Crippen molar-refractivity contribution in [2.75, 3.05) is 19.8 Å². The Hall–Kier alpha value is -2.94. The summed E-state index contributed by atoms with van der Waals surface area (Å²) in [6.07, 6.45) is 1.34. The molecule has 0 bridgehead atoms. The van der Waals surface area contributed by atoms with Gasteiger partial charge in [0.05, 0.1) is 11.7 Å². The minimum absolute atomic E-state index is 0.129. The van der Waals surface area contributed by atoms with Gasteiger partial charge in [-0.25, -0.2) is 0 Å². The van der Waals surface area contributed by atoms with Crippen molar-refractivity contribution in [3.63, 3.8) is 0 Å². The van der Waals surface area contributed by atoms with Crippen molar-refractivity contribution in [2.24, 2.45) is 5.92 Å². The van der Waals surface area contributed by atoms with Crippen LogP contribution in [-0.2, 0) is 16.1 Å². The number of nitrogens with two attached hydrogens (primary N) is 1. The van der Waals surface area contributed by atoms with E-state index in [4.69, 9.17) is 10.5 Å². The van der Waals surface area contributed by atoms with E-state index < -0.39 is 35.2 Å². The number of amides is 1. The average Bonchev–Trinajstić information content (AvgIpc) is 3.55. The zero-order valence-corrected chi connectivity index (χ0v) is 19.8. The Morgan fingerprint density at radius 3 is 2.53 bits per heavy atom. The Bertz CT molecular complexity index is 1180. The van der Waals surface area contributed by atoms with E-state index >= 15 is 0 Å². The molecule has 34 heavy (non-hydrogen) atoms. The molecule has 1 aliphatic heterocycles. The molecule has 8 nitrogen and oxygen atoms in total. The van der Waals surface area contributed by atoms with E-state index in [9.17, 15) is 19.8 Å². The van der Waals surface area contributed by atoms with Crippen molar-refractivity contribution in [2.45, 2.75) is 56.1 Å². The number of carbonyl (C=O) groups excluding carboxylic acids is 2. The highest BCUT2D eigenvalue weighted by molar-refractivity contribution is 6.15. The highest BCUT2D eigenvalue weighted by Crippen LogP contribution is 2.59. The third-order valence-corrected chi connectivity index (χ3v) is 7.65. The standard InChI is InChI=1S/C26H31N3O5/c1-13(15-8-9-15)16-10-11-17-20(12-16)34-26(33)18-6-5-7-19(27)21(18)23(31)25(17,26)28-24(32)22(14(2)30)29(3)4/h5-7,10-15,22,30,33H,8-9,27H2,1-4H3,(H,28,32)/t13-,14?,22?,25+,26+/m0/s1. The van der Waals surface area contributed by atoms with Gasteiger partial charge in [-0.3, -0.25) is 14.5 Å². The second kappa shape index (κ2) is 7.53. The van der Waals surface area contributed by atoms with E-state index in [1.165, 1.54) is 19.8 Å². The number of ketones is 1. The van der Waals surface area contributed by atoms with Crippen molar-refractivity contribution >= 4 is 17.4 Å². The summed E-state index contributed by atoms with van der Waals surface area (Å²) < 4.78 is 6.15. The largest absolute Gasteiger partial charge is 0.454 e. The second-order valence-electron chi connectivity index (χ2n) is 10.1. The topological polar surface area (TPSA) is 125 Å². The van der Waals surface area contributed by atoms with Crippen molar-refractivity contribution in [3.05, 3.63) is 58.7 Å². The lowest BCUT2D eigenvalue weighted by atomic mass is 9.81. The molecule has 1 fully saturated rings. The number of aliphatic hydroxyl groups excluding tert-OH is 1. The molecule has 8 heteroatoms. The first-order valence-corrected chi connectivity index (χ1v) is 11.7. The second-order valence-corrected chi connectivity index (χ2v) is 10.1. The molecule has 2 aromatic carbocycles. The minimum Gasteiger partial charge on any atom is -0.454 e. The van der Waals surface area contributed by atoms with Gasteiger partial charge in [0.1, 0.15) is 11.8 Å². The molecule has 0 spiro atoms. The molecule has 2 aromatic rings. The molecule has 5 N–H and O–H groups in total. The van der Waals surface area contributed by atoms with Gasteiger partial charge in [0, 0.05) is 16.8 Å². The van der Waals surface area contributed by atoms with E-state index in [0.29, 0.717) is 23.1 Å². The third-order valence-electron chi connectivity index (χ3n) is 7.65. The highest BCUT2D eigenvalue weighted by Gasteiger charge is 2.72. The fourth-order valence-corrected chi connectivity index (χ4v) is 5.68. The Balaban J connectivity index is 1.68. The lowest BCUT2D eigenvalue weighted by molar-refractivity contribution is -0.177. The maximum atomic E-state index is 14.0. The van der Waals surface area contributed by atoms with Gasteiger partial charge in [0.25, 0.3) is 5.79 Å². The van der Waals surface area contributed by atoms with Crippen LogP contribution in [0, 0.1) is 5.92 Å². The number of likely N-dealkylation sites (N-methyl/N-ethyl adjacent to an activating group) is 1. The molecule has 5 atom stereocenters. The number of Topliss-reactive ketones (excluding diaryl/α,β-unsaturated/α-hetero) is 1. The number of anilines is 1. The van der Waals surface area contributed by atoms with Gasteiger partial charge in [-0.1, -0.05) is 31.2 Å². The van der Waals surface area contributed by atoms with Crippen molar-refractivity contribution in [3.8, 4) is 5.75 Å². The number of rotatable bonds is 6. The van der Waals surface area contributed by atoms with Crippen molar-refractivity contribution < 1.29 is 24.5 Å². The predicted octanol–water partition coefficient (Wildman–Crippen LogP) is 1.84. The minimum atomic E-state index is -2.18. The summed E-state index contributed by atoms with van der Waals surface area (Å²) in [6.45, 7) is 3.66. The zero-order valence-electron chi connectivity index (χ0n) is 19.8. The Morgan fingerprint density at radius 2 is 1.91 bits per heavy atom. The number of nitrogens with one attached hydrogen (secondary N) is 1. The van der Waals surface area contributed by atoms with Crippen LogP contribution in [0.4, 0.5) is 5.69 Å². The highest BCUT2D eigenvalue weighted by atomic mass is 16.6. The SMILES string of the molecule is CC(O)C(C(=O)N[C@]12C(=O)c3c(N)cccc3[C@@]1(O)Oc1cc([C@@H](C)C3CC3)ccc12)N(C)C. The van der Waals surface area contributed by atoms with E-state index in [-0.39, 0.29) is 16.8 Å². The number of fused-ring (bicyclic) bond motifs is 5. The molecule has 2 aliphatic carbocycles. The lowest BCUT2D eigenvalue weighted by Crippen LogP contribution is -2.64. The summed E-state index contributed by atoms with van der Waals surface area (Å²) in [5.41, 5.74) is 6.19. The van der Waals surface area contributed by atoms with Crippen LogP contribution in [0.25, 0.3) is 0 Å². The normalized spacial score (nSPS) is 27.4. The maximum Gasteiger partial charge on any atom is 0.271 e. The van der Waals surface area contributed by atoms with Crippen LogP contribution in [0.1, 0.15) is 59.7 Å². The van der Waals surface area contributed by atoms with Crippen LogP contribution in [0.15, 0.2) is 36.4 Å².